The number of para-hydroxylation sites is 1. The van der Waals surface area contributed by atoms with Crippen LogP contribution < -0.4 is 5.32 Å². The predicted molar refractivity (Wildman–Crippen MR) is 80.4 cm³/mol. The molecule has 0 spiro atoms. The van der Waals surface area contributed by atoms with Gasteiger partial charge < -0.3 is 9.88 Å². The molecule has 0 radical (unpaired) electrons. The van der Waals surface area contributed by atoms with Crippen molar-refractivity contribution in [3.63, 3.8) is 0 Å². The fourth-order valence-electron chi connectivity index (χ4n) is 2.01. The zero-order chi connectivity index (χ0) is 14.1. The maximum atomic E-state index is 6.02. The van der Waals surface area contributed by atoms with Crippen molar-refractivity contribution >= 4 is 34.3 Å². The highest BCUT2D eigenvalue weighted by Gasteiger charge is 2.14. The lowest BCUT2D eigenvalue weighted by Crippen LogP contribution is -2.02. The fourth-order valence-corrected chi connectivity index (χ4v) is 2.18. The Morgan fingerprint density at radius 3 is 2.60 bits per heavy atom. The van der Waals surface area contributed by atoms with Crippen LogP contribution in [0.1, 0.15) is 19.9 Å². The first-order valence-electron chi connectivity index (χ1n) is 6.37. The van der Waals surface area contributed by atoms with Gasteiger partial charge in [0.1, 0.15) is 0 Å². The summed E-state index contributed by atoms with van der Waals surface area (Å²) in [5.41, 5.74) is 2.38. The SMILES string of the molecule is CC(C)n1cnc2c(Nc3ccccc3)nc(Cl)nc21. The quantitative estimate of drug-likeness (QED) is 0.744. The minimum atomic E-state index is 0.207. The molecule has 0 fully saturated rings. The lowest BCUT2D eigenvalue weighted by Gasteiger charge is -2.09. The Kier molecular flexibility index (Phi) is 3.28. The van der Waals surface area contributed by atoms with E-state index in [1.807, 2.05) is 34.9 Å². The highest BCUT2D eigenvalue weighted by atomic mass is 35.5. The van der Waals surface area contributed by atoms with Crippen molar-refractivity contribution in [3.05, 3.63) is 41.9 Å². The van der Waals surface area contributed by atoms with E-state index in [1.54, 1.807) is 6.33 Å². The van der Waals surface area contributed by atoms with Crippen molar-refractivity contribution in [2.75, 3.05) is 5.32 Å². The van der Waals surface area contributed by atoms with Crippen molar-refractivity contribution in [1.29, 1.82) is 0 Å². The number of hydrogen-bond donors (Lipinski definition) is 1. The molecule has 5 nitrogen and oxygen atoms in total. The van der Waals surface area contributed by atoms with Crippen LogP contribution in [0.15, 0.2) is 36.7 Å². The van der Waals surface area contributed by atoms with E-state index in [9.17, 15) is 0 Å². The molecular formula is C14H14ClN5. The second-order valence-electron chi connectivity index (χ2n) is 4.75. The maximum Gasteiger partial charge on any atom is 0.226 e. The number of nitrogens with zero attached hydrogens (tertiary/aromatic N) is 4. The Bertz CT molecular complexity index is 736. The number of nitrogens with one attached hydrogen (secondary N) is 1. The van der Waals surface area contributed by atoms with Crippen molar-refractivity contribution in [3.8, 4) is 0 Å². The molecule has 1 N–H and O–H groups in total. The van der Waals surface area contributed by atoms with Gasteiger partial charge in [-0.1, -0.05) is 18.2 Å². The van der Waals surface area contributed by atoms with E-state index < -0.39 is 0 Å². The lowest BCUT2D eigenvalue weighted by atomic mass is 10.3. The topological polar surface area (TPSA) is 55.6 Å². The van der Waals surface area contributed by atoms with E-state index in [1.165, 1.54) is 0 Å². The molecule has 3 rings (SSSR count). The normalized spacial score (nSPS) is 11.2. The second kappa shape index (κ2) is 5.09. The number of rotatable bonds is 3. The lowest BCUT2D eigenvalue weighted by molar-refractivity contribution is 0.612. The molecule has 0 saturated carbocycles. The summed E-state index contributed by atoms with van der Waals surface area (Å²) in [5.74, 6) is 0.616. The highest BCUT2D eigenvalue weighted by molar-refractivity contribution is 6.28. The van der Waals surface area contributed by atoms with Gasteiger partial charge in [0.2, 0.25) is 5.28 Å². The van der Waals surface area contributed by atoms with Crippen LogP contribution in [0.4, 0.5) is 11.5 Å². The maximum absolute atomic E-state index is 6.02. The zero-order valence-corrected chi connectivity index (χ0v) is 12.0. The summed E-state index contributed by atoms with van der Waals surface area (Å²) in [4.78, 5) is 12.9. The van der Waals surface area contributed by atoms with Gasteiger partial charge in [-0.25, -0.2) is 4.98 Å². The highest BCUT2D eigenvalue weighted by Crippen LogP contribution is 2.25. The monoisotopic (exact) mass is 287 g/mol. The number of hydrogen-bond acceptors (Lipinski definition) is 4. The van der Waals surface area contributed by atoms with Crippen LogP contribution in [0.3, 0.4) is 0 Å². The van der Waals surface area contributed by atoms with E-state index in [2.05, 4.69) is 34.1 Å². The number of benzene rings is 1. The molecular weight excluding hydrogens is 274 g/mol. The molecule has 1 aromatic carbocycles. The Balaban J connectivity index is 2.11. The van der Waals surface area contributed by atoms with Crippen LogP contribution in [-0.2, 0) is 0 Å². The van der Waals surface area contributed by atoms with Crippen LogP contribution in [0.5, 0.6) is 0 Å². The Labute approximate surface area is 121 Å². The summed E-state index contributed by atoms with van der Waals surface area (Å²) < 4.78 is 1.97. The summed E-state index contributed by atoms with van der Waals surface area (Å²) >= 11 is 6.02. The first-order chi connectivity index (χ1) is 9.65. The Morgan fingerprint density at radius 1 is 1.15 bits per heavy atom. The number of anilines is 2. The molecule has 0 bridgehead atoms. The molecule has 3 aromatic rings. The van der Waals surface area contributed by atoms with Crippen molar-refractivity contribution in [2.45, 2.75) is 19.9 Å². The summed E-state index contributed by atoms with van der Waals surface area (Å²) in [5, 5.41) is 3.44. The van der Waals surface area contributed by atoms with Gasteiger partial charge in [-0.15, -0.1) is 0 Å². The molecule has 0 aliphatic heterocycles. The van der Waals surface area contributed by atoms with Crippen LogP contribution in [0, 0.1) is 0 Å². The minimum Gasteiger partial charge on any atom is -0.338 e. The zero-order valence-electron chi connectivity index (χ0n) is 11.2. The van der Waals surface area contributed by atoms with Crippen molar-refractivity contribution in [1.82, 2.24) is 19.5 Å². The molecule has 20 heavy (non-hydrogen) atoms. The Hall–Kier alpha value is -2.14. The summed E-state index contributed by atoms with van der Waals surface area (Å²) in [6, 6.07) is 10.0. The van der Waals surface area contributed by atoms with Gasteiger partial charge in [0.05, 0.1) is 6.33 Å². The van der Waals surface area contributed by atoms with E-state index in [0.717, 1.165) is 11.3 Å². The molecule has 2 aromatic heterocycles. The molecule has 6 heteroatoms. The third kappa shape index (κ3) is 2.32. The summed E-state index contributed by atoms with van der Waals surface area (Å²) in [6.07, 6.45) is 1.76. The number of imidazole rings is 1. The first kappa shape index (κ1) is 12.9. The van der Waals surface area contributed by atoms with E-state index in [0.29, 0.717) is 11.3 Å². The predicted octanol–water partition coefficient (Wildman–Crippen LogP) is 3.80. The van der Waals surface area contributed by atoms with E-state index in [-0.39, 0.29) is 11.3 Å². The average Bonchev–Trinajstić information content (AvgIpc) is 2.83. The molecule has 0 aliphatic carbocycles. The van der Waals surface area contributed by atoms with Gasteiger partial charge in [0, 0.05) is 11.7 Å². The summed E-state index contributed by atoms with van der Waals surface area (Å²) in [6.45, 7) is 4.14. The molecule has 0 atom stereocenters. The van der Waals surface area contributed by atoms with Gasteiger partial charge in [-0.3, -0.25) is 0 Å². The van der Waals surface area contributed by atoms with Gasteiger partial charge >= 0.3 is 0 Å². The molecule has 0 amide bonds. The van der Waals surface area contributed by atoms with Crippen LogP contribution >= 0.6 is 11.6 Å². The molecule has 0 saturated heterocycles. The van der Waals surface area contributed by atoms with Gasteiger partial charge in [0.25, 0.3) is 0 Å². The van der Waals surface area contributed by atoms with Crippen LogP contribution in [-0.4, -0.2) is 19.5 Å². The van der Waals surface area contributed by atoms with Crippen LogP contribution in [0.2, 0.25) is 5.28 Å². The van der Waals surface area contributed by atoms with Gasteiger partial charge in [0.15, 0.2) is 17.0 Å². The van der Waals surface area contributed by atoms with Crippen molar-refractivity contribution in [2.24, 2.45) is 0 Å². The second-order valence-corrected chi connectivity index (χ2v) is 5.09. The standard InChI is InChI=1S/C14H14ClN5/c1-9(2)20-8-16-11-12(18-14(15)19-13(11)20)17-10-6-4-3-5-7-10/h3-9H,1-2H3,(H,17,18,19). The first-order valence-corrected chi connectivity index (χ1v) is 6.75. The van der Waals surface area contributed by atoms with Gasteiger partial charge in [-0.2, -0.15) is 9.97 Å². The Morgan fingerprint density at radius 2 is 1.90 bits per heavy atom. The number of halogens is 1. The molecule has 102 valence electrons. The summed E-state index contributed by atoms with van der Waals surface area (Å²) in [7, 11) is 0. The van der Waals surface area contributed by atoms with Crippen molar-refractivity contribution < 1.29 is 0 Å². The van der Waals surface area contributed by atoms with Crippen LogP contribution in [0.25, 0.3) is 11.2 Å². The van der Waals surface area contributed by atoms with E-state index in [4.69, 9.17) is 11.6 Å². The average molecular weight is 288 g/mol. The molecule has 0 aliphatic rings. The third-order valence-electron chi connectivity index (χ3n) is 2.99. The number of aromatic nitrogens is 4. The largest absolute Gasteiger partial charge is 0.338 e. The fraction of sp³-hybridized carbons (Fsp3) is 0.214. The number of fused-ring (bicyclic) bond motifs is 1. The minimum absolute atomic E-state index is 0.207. The smallest absolute Gasteiger partial charge is 0.226 e. The third-order valence-corrected chi connectivity index (χ3v) is 3.16. The van der Waals surface area contributed by atoms with E-state index >= 15 is 0 Å². The molecule has 0 unspecified atom stereocenters. The van der Waals surface area contributed by atoms with Gasteiger partial charge in [-0.05, 0) is 37.6 Å². The molecule has 2 heterocycles.